The van der Waals surface area contributed by atoms with Crippen LogP contribution >= 0.6 is 0 Å². The van der Waals surface area contributed by atoms with E-state index in [1.807, 2.05) is 18.5 Å². The average Bonchev–Trinajstić information content (AvgIpc) is 3.16. The number of imidazole rings is 1. The lowest BCUT2D eigenvalue weighted by atomic mass is 10.1. The summed E-state index contributed by atoms with van der Waals surface area (Å²) >= 11 is 0. The normalized spacial score (nSPS) is 14.4. The largest absolute Gasteiger partial charge is 0.508 e. The van der Waals surface area contributed by atoms with Gasteiger partial charge in [0.15, 0.2) is 5.65 Å². The van der Waals surface area contributed by atoms with E-state index in [1.165, 1.54) is 11.1 Å². The summed E-state index contributed by atoms with van der Waals surface area (Å²) in [6.07, 6.45) is 1.82. The van der Waals surface area contributed by atoms with E-state index in [9.17, 15) is 5.11 Å². The Labute approximate surface area is 174 Å². The van der Waals surface area contributed by atoms with Crippen molar-refractivity contribution in [2.45, 2.75) is 13.5 Å². The van der Waals surface area contributed by atoms with Crippen molar-refractivity contribution in [3.63, 3.8) is 0 Å². The Morgan fingerprint density at radius 2 is 1.87 bits per heavy atom. The summed E-state index contributed by atoms with van der Waals surface area (Å²) in [6.45, 7) is 5.58. The molecular formula is C23H23N5O2. The molecule has 0 amide bonds. The minimum Gasteiger partial charge on any atom is -0.508 e. The number of benzene rings is 2. The van der Waals surface area contributed by atoms with Gasteiger partial charge in [-0.2, -0.15) is 4.98 Å². The number of morpholine rings is 1. The van der Waals surface area contributed by atoms with Crippen molar-refractivity contribution in [1.29, 1.82) is 0 Å². The third kappa shape index (κ3) is 3.59. The lowest BCUT2D eigenvalue weighted by Crippen LogP contribution is -2.37. The molecule has 5 rings (SSSR count). The lowest BCUT2D eigenvalue weighted by Gasteiger charge is -2.27. The monoisotopic (exact) mass is 401 g/mol. The zero-order valence-corrected chi connectivity index (χ0v) is 16.8. The number of ether oxygens (including phenoxy) is 1. The Balaban J connectivity index is 1.65. The van der Waals surface area contributed by atoms with Gasteiger partial charge in [-0.15, -0.1) is 0 Å². The van der Waals surface area contributed by atoms with Crippen LogP contribution in [-0.2, 0) is 11.3 Å². The summed E-state index contributed by atoms with van der Waals surface area (Å²) < 4.78 is 7.55. The smallest absolute Gasteiger partial charge is 0.228 e. The first-order chi connectivity index (χ1) is 14.7. The molecule has 0 radical (unpaired) electrons. The first-order valence-electron chi connectivity index (χ1n) is 10.1. The maximum Gasteiger partial charge on any atom is 0.228 e. The number of anilines is 1. The second kappa shape index (κ2) is 7.76. The van der Waals surface area contributed by atoms with Crippen LogP contribution in [0.15, 0.2) is 54.9 Å². The molecule has 2 aromatic heterocycles. The van der Waals surface area contributed by atoms with Crippen LogP contribution in [-0.4, -0.2) is 50.9 Å². The highest BCUT2D eigenvalue weighted by Crippen LogP contribution is 2.30. The molecule has 7 heteroatoms. The number of aromatic hydroxyl groups is 1. The van der Waals surface area contributed by atoms with Gasteiger partial charge in [0.2, 0.25) is 5.95 Å². The van der Waals surface area contributed by atoms with Crippen LogP contribution in [0.5, 0.6) is 5.75 Å². The van der Waals surface area contributed by atoms with Crippen molar-refractivity contribution in [3.05, 3.63) is 66.0 Å². The van der Waals surface area contributed by atoms with Crippen molar-refractivity contribution in [2.24, 2.45) is 0 Å². The zero-order valence-electron chi connectivity index (χ0n) is 16.8. The number of rotatable bonds is 4. The van der Waals surface area contributed by atoms with Gasteiger partial charge in [-0.25, -0.2) is 9.97 Å². The Morgan fingerprint density at radius 1 is 1.03 bits per heavy atom. The van der Waals surface area contributed by atoms with Crippen LogP contribution in [0.2, 0.25) is 0 Å². The highest BCUT2D eigenvalue weighted by atomic mass is 16.5. The second-order valence-electron chi connectivity index (χ2n) is 7.56. The highest BCUT2D eigenvalue weighted by Gasteiger charge is 2.20. The van der Waals surface area contributed by atoms with Crippen LogP contribution in [0.3, 0.4) is 0 Å². The number of phenolic OH excluding ortho intramolecular Hbond substituents is 1. The van der Waals surface area contributed by atoms with Crippen molar-refractivity contribution in [2.75, 3.05) is 31.2 Å². The first kappa shape index (κ1) is 18.6. The minimum absolute atomic E-state index is 0.200. The molecule has 152 valence electrons. The van der Waals surface area contributed by atoms with Gasteiger partial charge in [0.05, 0.1) is 26.1 Å². The fourth-order valence-electron chi connectivity index (χ4n) is 3.81. The number of aromatic nitrogens is 4. The van der Waals surface area contributed by atoms with E-state index in [2.05, 4.69) is 45.6 Å². The van der Waals surface area contributed by atoms with Gasteiger partial charge >= 0.3 is 0 Å². The van der Waals surface area contributed by atoms with Gasteiger partial charge in [-0.05, 0) is 24.6 Å². The molecule has 30 heavy (non-hydrogen) atoms. The Morgan fingerprint density at radius 3 is 2.67 bits per heavy atom. The summed E-state index contributed by atoms with van der Waals surface area (Å²) in [5, 5.41) is 9.99. The third-order valence-electron chi connectivity index (χ3n) is 5.30. The molecule has 0 aliphatic carbocycles. The molecule has 0 spiro atoms. The fraction of sp³-hybridized carbons (Fsp3) is 0.261. The summed E-state index contributed by atoms with van der Waals surface area (Å²) in [5.74, 6) is 0.863. The summed E-state index contributed by atoms with van der Waals surface area (Å²) in [6, 6.07) is 15.6. The Kier molecular flexibility index (Phi) is 4.80. The van der Waals surface area contributed by atoms with Crippen LogP contribution < -0.4 is 4.90 Å². The van der Waals surface area contributed by atoms with Crippen LogP contribution in [0, 0.1) is 6.92 Å². The number of nitrogens with zero attached hydrogens (tertiary/aromatic N) is 5. The third-order valence-corrected chi connectivity index (χ3v) is 5.30. The molecule has 1 aliphatic heterocycles. The quantitative estimate of drug-likeness (QED) is 0.565. The molecule has 1 aliphatic rings. The van der Waals surface area contributed by atoms with Crippen LogP contribution in [0.25, 0.3) is 22.4 Å². The van der Waals surface area contributed by atoms with Crippen LogP contribution in [0.1, 0.15) is 11.1 Å². The summed E-state index contributed by atoms with van der Waals surface area (Å²) in [4.78, 5) is 16.5. The van der Waals surface area contributed by atoms with E-state index in [0.717, 1.165) is 35.5 Å². The van der Waals surface area contributed by atoms with Gasteiger partial charge in [-0.1, -0.05) is 42.0 Å². The van der Waals surface area contributed by atoms with Crippen molar-refractivity contribution in [1.82, 2.24) is 19.5 Å². The van der Waals surface area contributed by atoms with E-state index in [0.29, 0.717) is 25.7 Å². The van der Waals surface area contributed by atoms with E-state index >= 15 is 0 Å². The number of hydrogen-bond donors (Lipinski definition) is 1. The van der Waals surface area contributed by atoms with Gasteiger partial charge in [0.1, 0.15) is 17.0 Å². The maximum absolute atomic E-state index is 9.99. The average molecular weight is 401 g/mol. The number of aryl methyl sites for hydroxylation is 1. The molecule has 0 bridgehead atoms. The second-order valence-corrected chi connectivity index (χ2v) is 7.56. The number of fused-ring (bicyclic) bond motifs is 1. The predicted octanol–water partition coefficient (Wildman–Crippen LogP) is 3.39. The first-order valence-corrected chi connectivity index (χ1v) is 10.1. The molecule has 0 atom stereocenters. The van der Waals surface area contributed by atoms with Gasteiger partial charge in [0, 0.05) is 18.7 Å². The van der Waals surface area contributed by atoms with Gasteiger partial charge in [-0.3, -0.25) is 0 Å². The topological polar surface area (TPSA) is 76.3 Å². The molecule has 2 aromatic carbocycles. The standard InChI is InChI=1S/C23H23N5O2/c1-16-4-2-5-17(12-16)14-28-15-24-21-20(18-6-3-7-19(29)13-18)25-23(26-22(21)28)27-8-10-30-11-9-27/h2-7,12-13,15,29H,8-11,14H2,1H3. The maximum atomic E-state index is 9.99. The molecule has 7 nitrogen and oxygen atoms in total. The van der Waals surface area contributed by atoms with E-state index in [-0.39, 0.29) is 5.75 Å². The molecule has 0 unspecified atom stereocenters. The van der Waals surface area contributed by atoms with Gasteiger partial charge in [0.25, 0.3) is 0 Å². The van der Waals surface area contributed by atoms with E-state index < -0.39 is 0 Å². The van der Waals surface area contributed by atoms with Crippen molar-refractivity contribution in [3.8, 4) is 17.0 Å². The highest BCUT2D eigenvalue weighted by molar-refractivity contribution is 5.88. The molecule has 3 heterocycles. The lowest BCUT2D eigenvalue weighted by molar-refractivity contribution is 0.122. The van der Waals surface area contributed by atoms with E-state index in [1.54, 1.807) is 12.1 Å². The summed E-state index contributed by atoms with van der Waals surface area (Å²) in [7, 11) is 0. The minimum atomic E-state index is 0.200. The van der Waals surface area contributed by atoms with Crippen LogP contribution in [0.4, 0.5) is 5.95 Å². The SMILES string of the molecule is Cc1cccc(Cn2cnc3c(-c4cccc(O)c4)nc(N4CCOCC4)nc32)c1. The molecule has 1 saturated heterocycles. The Bertz CT molecular complexity index is 1200. The predicted molar refractivity (Wildman–Crippen MR) is 116 cm³/mol. The Hall–Kier alpha value is -3.45. The molecular weight excluding hydrogens is 378 g/mol. The number of phenols is 1. The molecule has 1 N–H and O–H groups in total. The van der Waals surface area contributed by atoms with E-state index in [4.69, 9.17) is 14.7 Å². The van der Waals surface area contributed by atoms with Crippen molar-refractivity contribution >= 4 is 17.1 Å². The molecule has 1 fully saturated rings. The molecule has 4 aromatic rings. The zero-order chi connectivity index (χ0) is 20.5. The number of hydrogen-bond acceptors (Lipinski definition) is 6. The fourth-order valence-corrected chi connectivity index (χ4v) is 3.81. The molecule has 0 saturated carbocycles. The summed E-state index contributed by atoms with van der Waals surface area (Å²) in [5.41, 5.74) is 5.47. The van der Waals surface area contributed by atoms with Crippen molar-refractivity contribution < 1.29 is 9.84 Å². The van der Waals surface area contributed by atoms with Gasteiger partial charge < -0.3 is 19.3 Å².